The van der Waals surface area contributed by atoms with E-state index in [1.807, 2.05) is 31.2 Å². The van der Waals surface area contributed by atoms with Gasteiger partial charge in [-0.2, -0.15) is 4.98 Å². The van der Waals surface area contributed by atoms with Gasteiger partial charge in [0, 0.05) is 10.6 Å². The monoisotopic (exact) mass is 263 g/mol. The van der Waals surface area contributed by atoms with E-state index < -0.39 is 0 Å². The maximum atomic E-state index is 5.86. The molecule has 3 rings (SSSR count). The number of nitrogens with zero attached hydrogens (tertiary/aromatic N) is 2. The molecule has 94 valence electrons. The largest absolute Gasteiger partial charge is 0.480 e. The van der Waals surface area contributed by atoms with Crippen molar-refractivity contribution in [3.8, 4) is 5.75 Å². The van der Waals surface area contributed by atoms with Gasteiger partial charge in [0.05, 0.1) is 6.04 Å². The highest BCUT2D eigenvalue weighted by Crippen LogP contribution is 2.39. The molecule has 0 fully saturated rings. The summed E-state index contributed by atoms with van der Waals surface area (Å²) < 4.78 is 11.0. The Morgan fingerprint density at radius 2 is 2.28 bits per heavy atom. The van der Waals surface area contributed by atoms with Crippen LogP contribution in [0, 0.1) is 0 Å². The molecule has 0 saturated carbocycles. The van der Waals surface area contributed by atoms with Crippen molar-refractivity contribution in [3.05, 3.63) is 36.0 Å². The van der Waals surface area contributed by atoms with Crippen LogP contribution in [0.3, 0.4) is 0 Å². The lowest BCUT2D eigenvalue weighted by molar-refractivity contribution is 0.205. The fourth-order valence-electron chi connectivity index (χ4n) is 1.71. The molecule has 2 heterocycles. The van der Waals surface area contributed by atoms with Crippen molar-refractivity contribution < 1.29 is 9.26 Å². The number of fused-ring (bicyclic) bond motifs is 1. The molecule has 0 bridgehead atoms. The van der Waals surface area contributed by atoms with Gasteiger partial charge in [-0.25, -0.2) is 0 Å². The van der Waals surface area contributed by atoms with Crippen LogP contribution < -0.4 is 10.5 Å². The Balaban J connectivity index is 1.83. The lowest BCUT2D eigenvalue weighted by Crippen LogP contribution is -2.16. The van der Waals surface area contributed by atoms with Crippen LogP contribution >= 0.6 is 11.8 Å². The van der Waals surface area contributed by atoms with Gasteiger partial charge in [-0.3, -0.25) is 0 Å². The minimum absolute atomic E-state index is 0.179. The van der Waals surface area contributed by atoms with Gasteiger partial charge >= 0.3 is 0 Å². The van der Waals surface area contributed by atoms with Crippen LogP contribution in [0.4, 0.5) is 0 Å². The molecule has 5 nitrogen and oxygen atoms in total. The number of aromatic nitrogens is 2. The Morgan fingerprint density at radius 3 is 3.06 bits per heavy atom. The molecular formula is C12H13N3O2S. The lowest BCUT2D eigenvalue weighted by atomic mass is 10.3. The molecule has 18 heavy (non-hydrogen) atoms. The van der Waals surface area contributed by atoms with Crippen molar-refractivity contribution in [3.63, 3.8) is 0 Å². The SMILES string of the molecule is C[C@H](N)c1nc(C2CSc3ccccc3O2)no1. The van der Waals surface area contributed by atoms with E-state index in [2.05, 4.69) is 10.1 Å². The van der Waals surface area contributed by atoms with Gasteiger partial charge in [0.25, 0.3) is 0 Å². The van der Waals surface area contributed by atoms with Crippen molar-refractivity contribution in [1.29, 1.82) is 0 Å². The molecule has 1 aromatic heterocycles. The van der Waals surface area contributed by atoms with E-state index in [0.717, 1.165) is 16.4 Å². The Kier molecular flexibility index (Phi) is 2.97. The number of hydrogen-bond donors (Lipinski definition) is 1. The highest BCUT2D eigenvalue weighted by molar-refractivity contribution is 7.99. The predicted molar refractivity (Wildman–Crippen MR) is 67.4 cm³/mol. The molecule has 2 aromatic rings. The van der Waals surface area contributed by atoms with Crippen molar-refractivity contribution in [2.75, 3.05) is 5.75 Å². The molecule has 6 heteroatoms. The number of hydrogen-bond acceptors (Lipinski definition) is 6. The quantitative estimate of drug-likeness (QED) is 0.896. The fourth-order valence-corrected chi connectivity index (χ4v) is 2.69. The first kappa shape index (κ1) is 11.6. The van der Waals surface area contributed by atoms with Gasteiger partial charge in [-0.05, 0) is 19.1 Å². The smallest absolute Gasteiger partial charge is 0.243 e. The highest BCUT2D eigenvalue weighted by atomic mass is 32.2. The maximum Gasteiger partial charge on any atom is 0.243 e. The second-order valence-electron chi connectivity index (χ2n) is 4.14. The number of benzene rings is 1. The van der Waals surface area contributed by atoms with Crippen molar-refractivity contribution in [1.82, 2.24) is 10.1 Å². The third-order valence-corrected chi connectivity index (χ3v) is 3.76. The van der Waals surface area contributed by atoms with E-state index in [9.17, 15) is 0 Å². The number of rotatable bonds is 2. The molecule has 1 aromatic carbocycles. The summed E-state index contributed by atoms with van der Waals surface area (Å²) in [5.74, 6) is 2.64. The lowest BCUT2D eigenvalue weighted by Gasteiger charge is -2.22. The summed E-state index contributed by atoms with van der Waals surface area (Å²) in [7, 11) is 0. The third kappa shape index (κ3) is 2.09. The van der Waals surface area contributed by atoms with E-state index >= 15 is 0 Å². The number of ether oxygens (including phenoxy) is 1. The summed E-state index contributed by atoms with van der Waals surface area (Å²) in [6, 6.07) is 7.68. The van der Waals surface area contributed by atoms with E-state index in [4.69, 9.17) is 15.0 Å². The molecule has 0 spiro atoms. The predicted octanol–water partition coefficient (Wildman–Crippen LogP) is 2.32. The average molecular weight is 263 g/mol. The molecule has 0 aliphatic carbocycles. The topological polar surface area (TPSA) is 74.2 Å². The van der Waals surface area contributed by atoms with Gasteiger partial charge in [0.15, 0.2) is 6.10 Å². The number of thioether (sulfide) groups is 1. The Labute approximate surface area is 109 Å². The van der Waals surface area contributed by atoms with E-state index in [1.165, 1.54) is 0 Å². The van der Waals surface area contributed by atoms with Crippen LogP contribution in [0.5, 0.6) is 5.75 Å². The maximum absolute atomic E-state index is 5.86. The third-order valence-electron chi connectivity index (χ3n) is 2.64. The van der Waals surface area contributed by atoms with Crippen LogP contribution in [0.2, 0.25) is 0 Å². The van der Waals surface area contributed by atoms with Crippen LogP contribution in [0.15, 0.2) is 33.7 Å². The summed E-state index contributed by atoms with van der Waals surface area (Å²) >= 11 is 1.73. The van der Waals surface area contributed by atoms with Crippen LogP contribution in [0.1, 0.15) is 30.8 Å². The summed E-state index contributed by atoms with van der Waals surface area (Å²) in [6.07, 6.45) is -0.179. The Morgan fingerprint density at radius 1 is 1.44 bits per heavy atom. The van der Waals surface area contributed by atoms with Crippen molar-refractivity contribution in [2.24, 2.45) is 5.73 Å². The molecule has 0 radical (unpaired) electrons. The molecule has 1 unspecified atom stereocenters. The second-order valence-corrected chi connectivity index (χ2v) is 5.21. The van der Waals surface area contributed by atoms with Gasteiger partial charge in [-0.15, -0.1) is 11.8 Å². The first-order valence-corrected chi connectivity index (χ1v) is 6.70. The van der Waals surface area contributed by atoms with Gasteiger partial charge in [0.1, 0.15) is 5.75 Å². The van der Waals surface area contributed by atoms with Crippen molar-refractivity contribution in [2.45, 2.75) is 24.0 Å². The number of para-hydroxylation sites is 1. The average Bonchev–Trinajstić information content (AvgIpc) is 2.88. The molecular weight excluding hydrogens is 250 g/mol. The molecule has 2 N–H and O–H groups in total. The highest BCUT2D eigenvalue weighted by Gasteiger charge is 2.26. The van der Waals surface area contributed by atoms with E-state index in [-0.39, 0.29) is 12.1 Å². The van der Waals surface area contributed by atoms with E-state index in [1.54, 1.807) is 11.8 Å². The van der Waals surface area contributed by atoms with Crippen LogP contribution in [-0.4, -0.2) is 15.9 Å². The summed E-state index contributed by atoms with van der Waals surface area (Å²) in [5, 5.41) is 3.93. The van der Waals surface area contributed by atoms with E-state index in [0.29, 0.717) is 11.7 Å². The Bertz CT molecular complexity index is 556. The minimum atomic E-state index is -0.255. The Hall–Kier alpha value is -1.53. The first-order valence-electron chi connectivity index (χ1n) is 5.71. The zero-order chi connectivity index (χ0) is 12.5. The zero-order valence-electron chi connectivity index (χ0n) is 9.87. The molecule has 1 aliphatic heterocycles. The summed E-state index contributed by atoms with van der Waals surface area (Å²) in [5.41, 5.74) is 5.69. The summed E-state index contributed by atoms with van der Waals surface area (Å²) in [6.45, 7) is 1.81. The molecule has 1 aliphatic rings. The minimum Gasteiger partial charge on any atom is -0.480 e. The van der Waals surface area contributed by atoms with Gasteiger partial charge in [0.2, 0.25) is 11.7 Å². The molecule has 0 amide bonds. The fraction of sp³-hybridized carbons (Fsp3) is 0.333. The van der Waals surface area contributed by atoms with Crippen LogP contribution in [0.25, 0.3) is 0 Å². The summed E-state index contributed by atoms with van der Waals surface area (Å²) in [4.78, 5) is 5.41. The normalized spacial score (nSPS) is 20.0. The van der Waals surface area contributed by atoms with Gasteiger partial charge in [-0.1, -0.05) is 17.3 Å². The van der Waals surface area contributed by atoms with Crippen LogP contribution in [-0.2, 0) is 0 Å². The van der Waals surface area contributed by atoms with Gasteiger partial charge < -0.3 is 15.0 Å². The zero-order valence-corrected chi connectivity index (χ0v) is 10.7. The second kappa shape index (κ2) is 4.62. The van der Waals surface area contributed by atoms with Crippen molar-refractivity contribution >= 4 is 11.8 Å². The standard InChI is InChI=1S/C12H13N3O2S/c1-7(13)12-14-11(15-17-12)9-6-18-10-5-3-2-4-8(10)16-9/h2-5,7,9H,6,13H2,1H3/t7-,9?/m0/s1. The molecule has 0 saturated heterocycles. The number of nitrogens with two attached hydrogens (primary N) is 1. The molecule has 2 atom stereocenters. The first-order chi connectivity index (χ1) is 8.74.